The van der Waals surface area contributed by atoms with Gasteiger partial charge >= 0.3 is 0 Å². The number of benzene rings is 1. The molecule has 0 saturated heterocycles. The molecule has 22 heavy (non-hydrogen) atoms. The standard InChI is InChI=1S/C17H15NO4/c1-7-5-8(2)14(18-10(4)19)13-12(7)17-11(6-9(3)22-17)15(20)16(13)21/h5-6H,1-4H3,(H,18,19). The van der Waals surface area contributed by atoms with Crippen LogP contribution in [0, 0.1) is 20.8 Å². The Morgan fingerprint density at radius 2 is 1.68 bits per heavy atom. The minimum absolute atomic E-state index is 0.222. The van der Waals surface area contributed by atoms with Crippen molar-refractivity contribution in [2.24, 2.45) is 0 Å². The van der Waals surface area contributed by atoms with Gasteiger partial charge in [0.2, 0.25) is 17.5 Å². The van der Waals surface area contributed by atoms with Crippen molar-refractivity contribution in [1.29, 1.82) is 0 Å². The Labute approximate surface area is 127 Å². The molecule has 0 atom stereocenters. The van der Waals surface area contributed by atoms with E-state index in [1.54, 1.807) is 19.9 Å². The van der Waals surface area contributed by atoms with E-state index in [0.717, 1.165) is 11.1 Å². The van der Waals surface area contributed by atoms with E-state index in [-0.39, 0.29) is 17.0 Å². The van der Waals surface area contributed by atoms with Gasteiger partial charge < -0.3 is 9.73 Å². The van der Waals surface area contributed by atoms with E-state index in [2.05, 4.69) is 5.32 Å². The van der Waals surface area contributed by atoms with Gasteiger partial charge in [-0.05, 0) is 38.0 Å². The Kier molecular flexibility index (Phi) is 3.02. The van der Waals surface area contributed by atoms with Crippen molar-refractivity contribution in [1.82, 2.24) is 0 Å². The summed E-state index contributed by atoms with van der Waals surface area (Å²) in [5, 5.41) is 2.66. The molecule has 1 aromatic heterocycles. The summed E-state index contributed by atoms with van der Waals surface area (Å²) in [5.74, 6) is -0.535. The summed E-state index contributed by atoms with van der Waals surface area (Å²) in [6.45, 7) is 6.74. The second-order valence-corrected chi connectivity index (χ2v) is 5.57. The maximum Gasteiger partial charge on any atom is 0.237 e. The first-order valence-electron chi connectivity index (χ1n) is 6.93. The van der Waals surface area contributed by atoms with E-state index in [9.17, 15) is 14.4 Å². The summed E-state index contributed by atoms with van der Waals surface area (Å²) in [7, 11) is 0. The number of anilines is 1. The number of aryl methyl sites for hydroxylation is 3. The van der Waals surface area contributed by atoms with Crippen molar-refractivity contribution >= 4 is 23.2 Å². The minimum Gasteiger partial charge on any atom is -0.461 e. The zero-order valence-corrected chi connectivity index (χ0v) is 12.8. The molecular formula is C17H15NO4. The van der Waals surface area contributed by atoms with Gasteiger partial charge in [-0.15, -0.1) is 0 Å². The molecule has 1 amide bonds. The lowest BCUT2D eigenvalue weighted by molar-refractivity contribution is -0.114. The average Bonchev–Trinajstić information content (AvgIpc) is 2.80. The summed E-state index contributed by atoms with van der Waals surface area (Å²) in [4.78, 5) is 36.3. The molecule has 2 aromatic rings. The third-order valence-corrected chi connectivity index (χ3v) is 3.78. The van der Waals surface area contributed by atoms with Crippen molar-refractivity contribution in [3.05, 3.63) is 40.1 Å². The maximum absolute atomic E-state index is 12.6. The molecule has 1 aromatic carbocycles. The third-order valence-electron chi connectivity index (χ3n) is 3.78. The Morgan fingerprint density at radius 1 is 1.00 bits per heavy atom. The summed E-state index contributed by atoms with van der Waals surface area (Å²) in [6.07, 6.45) is 0. The Morgan fingerprint density at radius 3 is 2.32 bits per heavy atom. The second kappa shape index (κ2) is 4.66. The molecule has 5 nitrogen and oxygen atoms in total. The first-order chi connectivity index (χ1) is 10.3. The number of amides is 1. The highest BCUT2D eigenvalue weighted by molar-refractivity contribution is 6.54. The molecule has 0 saturated carbocycles. The van der Waals surface area contributed by atoms with E-state index >= 15 is 0 Å². The lowest BCUT2D eigenvalue weighted by atomic mass is 9.83. The van der Waals surface area contributed by atoms with E-state index in [1.165, 1.54) is 6.92 Å². The van der Waals surface area contributed by atoms with Gasteiger partial charge in [-0.1, -0.05) is 6.07 Å². The number of carbonyl (C=O) groups is 3. The second-order valence-electron chi connectivity index (χ2n) is 5.57. The van der Waals surface area contributed by atoms with E-state index < -0.39 is 11.6 Å². The predicted molar refractivity (Wildman–Crippen MR) is 81.3 cm³/mol. The largest absolute Gasteiger partial charge is 0.461 e. The molecular weight excluding hydrogens is 282 g/mol. The van der Waals surface area contributed by atoms with Gasteiger partial charge in [-0.3, -0.25) is 14.4 Å². The zero-order chi connectivity index (χ0) is 16.2. The van der Waals surface area contributed by atoms with Crippen LogP contribution in [0.4, 0.5) is 5.69 Å². The van der Waals surface area contributed by atoms with Gasteiger partial charge in [0.05, 0.1) is 16.8 Å². The van der Waals surface area contributed by atoms with Crippen molar-refractivity contribution in [2.75, 3.05) is 5.32 Å². The molecule has 0 bridgehead atoms. The van der Waals surface area contributed by atoms with Crippen LogP contribution in [-0.4, -0.2) is 17.5 Å². The summed E-state index contributed by atoms with van der Waals surface area (Å²) in [5.41, 5.74) is 3.04. The maximum atomic E-state index is 12.6. The number of carbonyl (C=O) groups excluding carboxylic acids is 3. The van der Waals surface area contributed by atoms with Crippen LogP contribution in [0.15, 0.2) is 16.5 Å². The summed E-state index contributed by atoms with van der Waals surface area (Å²) < 4.78 is 5.65. The quantitative estimate of drug-likeness (QED) is 0.820. The lowest BCUT2D eigenvalue weighted by Gasteiger charge is -2.21. The van der Waals surface area contributed by atoms with Gasteiger partial charge in [0.1, 0.15) is 11.5 Å². The summed E-state index contributed by atoms with van der Waals surface area (Å²) >= 11 is 0. The van der Waals surface area contributed by atoms with Crippen molar-refractivity contribution < 1.29 is 18.8 Å². The molecule has 1 aliphatic carbocycles. The van der Waals surface area contributed by atoms with Crippen LogP contribution in [0.1, 0.15) is 44.5 Å². The minimum atomic E-state index is -0.612. The topological polar surface area (TPSA) is 76.4 Å². The van der Waals surface area contributed by atoms with E-state index in [0.29, 0.717) is 22.8 Å². The predicted octanol–water partition coefficient (Wildman–Crippen LogP) is 3.21. The van der Waals surface area contributed by atoms with E-state index in [4.69, 9.17) is 4.42 Å². The number of rotatable bonds is 1. The number of Topliss-reactive ketones (excluding diaryl/α,β-unsaturated/α-hetero) is 2. The molecule has 1 aliphatic rings. The Bertz CT molecular complexity index is 858. The molecule has 0 spiro atoms. The fourth-order valence-electron chi connectivity index (χ4n) is 2.95. The fourth-order valence-corrected chi connectivity index (χ4v) is 2.95. The molecule has 1 heterocycles. The van der Waals surface area contributed by atoms with Gasteiger partial charge in [-0.2, -0.15) is 0 Å². The highest BCUT2D eigenvalue weighted by Crippen LogP contribution is 2.42. The highest BCUT2D eigenvalue weighted by atomic mass is 16.3. The van der Waals surface area contributed by atoms with Gasteiger partial charge in [0.15, 0.2) is 0 Å². The number of nitrogens with one attached hydrogen (secondary N) is 1. The molecule has 5 heteroatoms. The van der Waals surface area contributed by atoms with Crippen LogP contribution in [0.5, 0.6) is 0 Å². The molecule has 112 valence electrons. The highest BCUT2D eigenvalue weighted by Gasteiger charge is 2.37. The van der Waals surface area contributed by atoms with Crippen LogP contribution in [0.3, 0.4) is 0 Å². The van der Waals surface area contributed by atoms with Crippen LogP contribution < -0.4 is 5.32 Å². The van der Waals surface area contributed by atoms with Crippen molar-refractivity contribution in [3.8, 4) is 11.3 Å². The van der Waals surface area contributed by atoms with Gasteiger partial charge in [-0.25, -0.2) is 0 Å². The molecule has 1 N–H and O–H groups in total. The van der Waals surface area contributed by atoms with E-state index in [1.807, 2.05) is 13.0 Å². The van der Waals surface area contributed by atoms with Crippen LogP contribution in [-0.2, 0) is 4.79 Å². The lowest BCUT2D eigenvalue weighted by Crippen LogP contribution is -2.24. The van der Waals surface area contributed by atoms with Gasteiger partial charge in [0.25, 0.3) is 0 Å². The van der Waals surface area contributed by atoms with Crippen molar-refractivity contribution in [3.63, 3.8) is 0 Å². The molecule has 0 fully saturated rings. The first kappa shape index (κ1) is 14.3. The number of fused-ring (bicyclic) bond motifs is 3. The summed E-state index contributed by atoms with van der Waals surface area (Å²) in [6, 6.07) is 3.45. The SMILES string of the molecule is CC(=O)Nc1c(C)cc(C)c2c1C(=O)C(=O)c1cc(C)oc1-2. The van der Waals surface area contributed by atoms with Crippen LogP contribution in [0.2, 0.25) is 0 Å². The third kappa shape index (κ3) is 1.89. The molecule has 0 aliphatic heterocycles. The zero-order valence-electron chi connectivity index (χ0n) is 12.8. The Hall–Kier alpha value is -2.69. The number of hydrogen-bond acceptors (Lipinski definition) is 4. The average molecular weight is 297 g/mol. The normalized spacial score (nSPS) is 12.9. The number of hydrogen-bond donors (Lipinski definition) is 1. The Balaban J connectivity index is 2.42. The number of furan rings is 1. The monoisotopic (exact) mass is 297 g/mol. The molecule has 0 unspecified atom stereocenters. The first-order valence-corrected chi connectivity index (χ1v) is 6.93. The molecule has 3 rings (SSSR count). The van der Waals surface area contributed by atoms with Gasteiger partial charge in [0, 0.05) is 12.5 Å². The number of ketones is 2. The van der Waals surface area contributed by atoms with Crippen molar-refractivity contribution in [2.45, 2.75) is 27.7 Å². The smallest absolute Gasteiger partial charge is 0.237 e. The van der Waals surface area contributed by atoms with Crippen LogP contribution >= 0.6 is 0 Å². The fraction of sp³-hybridized carbons (Fsp3) is 0.235. The molecule has 0 radical (unpaired) electrons. The van der Waals surface area contributed by atoms with Crippen LogP contribution in [0.25, 0.3) is 11.3 Å².